The monoisotopic (exact) mass is 259 g/mol. The smallest absolute Gasteiger partial charge is 0.242 e. The van der Waals surface area contributed by atoms with Gasteiger partial charge in [0.25, 0.3) is 0 Å². The van der Waals surface area contributed by atoms with Gasteiger partial charge in [-0.1, -0.05) is 11.6 Å². The van der Waals surface area contributed by atoms with Gasteiger partial charge in [-0.3, -0.25) is 0 Å². The van der Waals surface area contributed by atoms with Crippen LogP contribution in [0.4, 0.5) is 5.69 Å². The highest BCUT2D eigenvalue weighted by atomic mass is 35.5. The van der Waals surface area contributed by atoms with Crippen molar-refractivity contribution in [3.8, 4) is 5.88 Å². The zero-order valence-corrected chi connectivity index (χ0v) is 10.4. The Kier molecular flexibility index (Phi) is 3.37. The summed E-state index contributed by atoms with van der Waals surface area (Å²) in [5.41, 5.74) is 5.90. The highest BCUT2D eigenvalue weighted by Gasteiger charge is 2.33. The summed E-state index contributed by atoms with van der Waals surface area (Å²) >= 11 is 5.74. The maximum Gasteiger partial charge on any atom is 0.242 e. The first-order valence-corrected chi connectivity index (χ1v) is 5.56. The minimum absolute atomic E-state index is 0.141. The molecule has 1 fully saturated rings. The molecule has 0 amide bonds. The third kappa shape index (κ3) is 2.96. The third-order valence-electron chi connectivity index (χ3n) is 2.27. The molecule has 2 rings (SSSR count). The Morgan fingerprint density at radius 2 is 2.35 bits per heavy atom. The van der Waals surface area contributed by atoms with E-state index in [9.17, 15) is 0 Å². The highest BCUT2D eigenvalue weighted by Crippen LogP contribution is 2.26. The van der Waals surface area contributed by atoms with Gasteiger partial charge in [0, 0.05) is 0 Å². The van der Waals surface area contributed by atoms with Crippen molar-refractivity contribution in [1.82, 2.24) is 9.97 Å². The predicted octanol–water partition coefficient (Wildman–Crippen LogP) is 1.24. The molecule has 0 saturated carbocycles. The van der Waals surface area contributed by atoms with Crippen LogP contribution in [0.5, 0.6) is 5.88 Å². The van der Waals surface area contributed by atoms with Crippen LogP contribution in [-0.2, 0) is 9.47 Å². The molecule has 2 heterocycles. The Morgan fingerprint density at radius 3 is 3.00 bits per heavy atom. The molecule has 6 nitrogen and oxygen atoms in total. The molecular formula is C10H14ClN3O3. The Hall–Kier alpha value is -1.11. The molecule has 1 atom stereocenters. The largest absolute Gasteiger partial charge is 0.473 e. The molecule has 0 aliphatic carbocycles. The zero-order chi connectivity index (χ0) is 12.5. The molecule has 0 aromatic carbocycles. The Balaban J connectivity index is 1.93. The average Bonchev–Trinajstić information content (AvgIpc) is 2.61. The van der Waals surface area contributed by atoms with E-state index in [0.717, 1.165) is 0 Å². The van der Waals surface area contributed by atoms with Gasteiger partial charge in [0.2, 0.25) is 5.88 Å². The van der Waals surface area contributed by atoms with E-state index in [0.29, 0.717) is 13.2 Å². The number of nitrogen functional groups attached to an aromatic ring is 1. The van der Waals surface area contributed by atoms with E-state index in [1.165, 1.54) is 6.33 Å². The molecule has 0 bridgehead atoms. The van der Waals surface area contributed by atoms with E-state index in [4.69, 9.17) is 31.5 Å². The number of hydrogen-bond acceptors (Lipinski definition) is 6. The summed E-state index contributed by atoms with van der Waals surface area (Å²) < 4.78 is 16.4. The summed E-state index contributed by atoms with van der Waals surface area (Å²) in [6.45, 7) is 4.48. The van der Waals surface area contributed by atoms with Crippen LogP contribution in [0.25, 0.3) is 0 Å². The van der Waals surface area contributed by atoms with Crippen LogP contribution >= 0.6 is 11.6 Å². The van der Waals surface area contributed by atoms with Crippen LogP contribution in [-0.4, -0.2) is 35.1 Å². The SMILES string of the molecule is CC1(C)OC[C@H](COc2ncnc(Cl)c2N)O1. The van der Waals surface area contributed by atoms with E-state index >= 15 is 0 Å². The molecule has 0 radical (unpaired) electrons. The lowest BCUT2D eigenvalue weighted by atomic mass is 10.4. The number of rotatable bonds is 3. The van der Waals surface area contributed by atoms with Crippen molar-refractivity contribution >= 4 is 17.3 Å². The van der Waals surface area contributed by atoms with Gasteiger partial charge in [-0.05, 0) is 13.8 Å². The van der Waals surface area contributed by atoms with Crippen molar-refractivity contribution < 1.29 is 14.2 Å². The summed E-state index contributed by atoms with van der Waals surface area (Å²) in [5, 5.41) is 0.180. The number of aromatic nitrogens is 2. The Labute approximate surface area is 104 Å². The molecule has 1 aliphatic rings. The molecule has 0 unspecified atom stereocenters. The van der Waals surface area contributed by atoms with Crippen LogP contribution in [0.15, 0.2) is 6.33 Å². The average molecular weight is 260 g/mol. The van der Waals surface area contributed by atoms with Gasteiger partial charge in [-0.15, -0.1) is 0 Å². The fourth-order valence-electron chi connectivity index (χ4n) is 1.49. The van der Waals surface area contributed by atoms with E-state index in [1.54, 1.807) is 0 Å². The van der Waals surface area contributed by atoms with Crippen LogP contribution in [0, 0.1) is 0 Å². The maximum atomic E-state index is 5.74. The van der Waals surface area contributed by atoms with Gasteiger partial charge in [0.15, 0.2) is 10.9 Å². The molecule has 94 valence electrons. The van der Waals surface area contributed by atoms with Crippen molar-refractivity contribution in [3.63, 3.8) is 0 Å². The summed E-state index contributed by atoms with van der Waals surface area (Å²) in [5.74, 6) is -0.304. The number of halogens is 1. The number of nitrogens with two attached hydrogens (primary N) is 1. The lowest BCUT2D eigenvalue weighted by Crippen LogP contribution is -2.25. The molecule has 1 aromatic heterocycles. The van der Waals surface area contributed by atoms with Crippen LogP contribution in [0.1, 0.15) is 13.8 Å². The highest BCUT2D eigenvalue weighted by molar-refractivity contribution is 6.32. The second-order valence-corrected chi connectivity index (χ2v) is 4.50. The molecule has 17 heavy (non-hydrogen) atoms. The van der Waals surface area contributed by atoms with Crippen LogP contribution < -0.4 is 10.5 Å². The van der Waals surface area contributed by atoms with Gasteiger partial charge in [-0.25, -0.2) is 4.98 Å². The van der Waals surface area contributed by atoms with Crippen molar-refractivity contribution in [2.24, 2.45) is 0 Å². The van der Waals surface area contributed by atoms with Crippen molar-refractivity contribution in [3.05, 3.63) is 11.5 Å². The minimum Gasteiger partial charge on any atom is -0.473 e. The van der Waals surface area contributed by atoms with Crippen molar-refractivity contribution in [2.75, 3.05) is 18.9 Å². The lowest BCUT2D eigenvalue weighted by molar-refractivity contribution is -0.141. The fraction of sp³-hybridized carbons (Fsp3) is 0.600. The normalized spacial score (nSPS) is 22.6. The topological polar surface area (TPSA) is 79.5 Å². The summed E-state index contributed by atoms with van der Waals surface area (Å²) in [6.07, 6.45) is 1.15. The number of hydrogen-bond donors (Lipinski definition) is 1. The molecule has 1 aliphatic heterocycles. The molecule has 2 N–H and O–H groups in total. The van der Waals surface area contributed by atoms with E-state index in [1.807, 2.05) is 13.8 Å². The Morgan fingerprint density at radius 1 is 1.59 bits per heavy atom. The Bertz CT molecular complexity index is 414. The summed E-state index contributed by atoms with van der Waals surface area (Å²) in [6, 6.07) is 0. The molecule has 1 aromatic rings. The summed E-state index contributed by atoms with van der Waals surface area (Å²) in [7, 11) is 0. The maximum absolute atomic E-state index is 5.74. The van der Waals surface area contributed by atoms with Crippen molar-refractivity contribution in [1.29, 1.82) is 0 Å². The second kappa shape index (κ2) is 4.64. The fourth-order valence-corrected chi connectivity index (χ4v) is 1.62. The molecular weight excluding hydrogens is 246 g/mol. The standard InChI is InChI=1S/C10H14ClN3O3/c1-10(2)16-4-6(17-10)3-15-9-7(12)8(11)13-5-14-9/h5-6H,3-4,12H2,1-2H3/t6-/m0/s1. The van der Waals surface area contributed by atoms with Crippen molar-refractivity contribution in [2.45, 2.75) is 25.7 Å². The van der Waals surface area contributed by atoms with Gasteiger partial charge in [0.1, 0.15) is 24.7 Å². The van der Waals surface area contributed by atoms with Gasteiger partial charge < -0.3 is 19.9 Å². The number of nitrogens with zero attached hydrogens (tertiary/aromatic N) is 2. The van der Waals surface area contributed by atoms with E-state index in [-0.39, 0.29) is 22.8 Å². The van der Waals surface area contributed by atoms with Gasteiger partial charge >= 0.3 is 0 Å². The first kappa shape index (κ1) is 12.3. The van der Waals surface area contributed by atoms with E-state index < -0.39 is 5.79 Å². The second-order valence-electron chi connectivity index (χ2n) is 4.15. The first-order chi connectivity index (χ1) is 7.98. The lowest BCUT2D eigenvalue weighted by Gasteiger charge is -2.17. The predicted molar refractivity (Wildman–Crippen MR) is 61.9 cm³/mol. The number of ether oxygens (including phenoxy) is 3. The number of anilines is 1. The quantitative estimate of drug-likeness (QED) is 0.823. The van der Waals surface area contributed by atoms with Crippen LogP contribution in [0.3, 0.4) is 0 Å². The van der Waals surface area contributed by atoms with E-state index in [2.05, 4.69) is 9.97 Å². The van der Waals surface area contributed by atoms with Gasteiger partial charge in [-0.2, -0.15) is 4.98 Å². The zero-order valence-electron chi connectivity index (χ0n) is 9.64. The van der Waals surface area contributed by atoms with Gasteiger partial charge in [0.05, 0.1) is 6.61 Å². The molecule has 1 saturated heterocycles. The molecule has 0 spiro atoms. The summed E-state index contributed by atoms with van der Waals surface area (Å²) in [4.78, 5) is 7.63. The first-order valence-electron chi connectivity index (χ1n) is 5.18. The minimum atomic E-state index is -0.567. The molecule has 7 heteroatoms. The van der Waals surface area contributed by atoms with Crippen LogP contribution in [0.2, 0.25) is 5.15 Å². The third-order valence-corrected chi connectivity index (χ3v) is 2.57.